The fourth-order valence-corrected chi connectivity index (χ4v) is 2.92. The van der Waals surface area contributed by atoms with Gasteiger partial charge in [0.25, 0.3) is 0 Å². The number of nitrogens with zero attached hydrogens (tertiary/aromatic N) is 2. The summed E-state index contributed by atoms with van der Waals surface area (Å²) in [7, 11) is 4.35. The highest BCUT2D eigenvalue weighted by atomic mass is 15.1. The molecule has 0 radical (unpaired) electrons. The van der Waals surface area contributed by atoms with Crippen molar-refractivity contribution < 1.29 is 0 Å². The molecule has 0 amide bonds. The Bertz CT molecular complexity index is 619. The number of hydrogen-bond donors (Lipinski definition) is 0. The standard InChI is InChI=1S/C16H20N2/c1-12-16(13-8-10-17(2)11-9-13)14-6-4-5-7-15(14)18(12)3/h4-8H,9-11H2,1-3H3. The fourth-order valence-electron chi connectivity index (χ4n) is 2.92. The fraction of sp³-hybridized carbons (Fsp3) is 0.375. The molecule has 2 aromatic rings. The second-order valence-corrected chi connectivity index (χ2v) is 5.28. The van der Waals surface area contributed by atoms with Crippen LogP contribution in [0.4, 0.5) is 0 Å². The second kappa shape index (κ2) is 4.29. The van der Waals surface area contributed by atoms with Crippen LogP contribution in [0.1, 0.15) is 17.7 Å². The highest BCUT2D eigenvalue weighted by molar-refractivity contribution is 5.95. The van der Waals surface area contributed by atoms with Gasteiger partial charge in [-0.05, 0) is 32.0 Å². The van der Waals surface area contributed by atoms with Crippen LogP contribution in [0, 0.1) is 6.92 Å². The lowest BCUT2D eigenvalue weighted by Crippen LogP contribution is -2.23. The van der Waals surface area contributed by atoms with E-state index in [1.165, 1.54) is 27.7 Å². The van der Waals surface area contributed by atoms with Crippen molar-refractivity contribution in [1.29, 1.82) is 0 Å². The Morgan fingerprint density at radius 3 is 2.61 bits per heavy atom. The minimum absolute atomic E-state index is 1.07. The normalized spacial score (nSPS) is 17.2. The summed E-state index contributed by atoms with van der Waals surface area (Å²) in [6, 6.07) is 8.72. The minimum atomic E-state index is 1.07. The molecule has 0 aliphatic carbocycles. The van der Waals surface area contributed by atoms with Crippen molar-refractivity contribution in [2.24, 2.45) is 7.05 Å². The predicted octanol–water partition coefficient (Wildman–Crippen LogP) is 3.21. The Hall–Kier alpha value is -1.54. The third-order valence-corrected chi connectivity index (χ3v) is 4.13. The van der Waals surface area contributed by atoms with Gasteiger partial charge in [-0.1, -0.05) is 24.3 Å². The zero-order valence-electron chi connectivity index (χ0n) is 11.4. The predicted molar refractivity (Wildman–Crippen MR) is 77.7 cm³/mol. The van der Waals surface area contributed by atoms with E-state index in [0.29, 0.717) is 0 Å². The van der Waals surface area contributed by atoms with Gasteiger partial charge in [0.15, 0.2) is 0 Å². The van der Waals surface area contributed by atoms with Gasteiger partial charge in [-0.2, -0.15) is 0 Å². The topological polar surface area (TPSA) is 8.17 Å². The average Bonchev–Trinajstić information content (AvgIpc) is 2.64. The molecule has 1 aliphatic heterocycles. The number of benzene rings is 1. The van der Waals surface area contributed by atoms with Crippen LogP contribution in [0.15, 0.2) is 30.3 Å². The monoisotopic (exact) mass is 240 g/mol. The van der Waals surface area contributed by atoms with Crippen LogP contribution >= 0.6 is 0 Å². The van der Waals surface area contributed by atoms with Gasteiger partial charge < -0.3 is 9.47 Å². The van der Waals surface area contributed by atoms with Crippen LogP contribution < -0.4 is 0 Å². The van der Waals surface area contributed by atoms with E-state index in [0.717, 1.165) is 19.5 Å². The van der Waals surface area contributed by atoms with Gasteiger partial charge in [0.05, 0.1) is 0 Å². The van der Waals surface area contributed by atoms with Crippen molar-refractivity contribution in [3.05, 3.63) is 41.6 Å². The largest absolute Gasteiger partial charge is 0.347 e. The van der Waals surface area contributed by atoms with Gasteiger partial charge in [-0.15, -0.1) is 0 Å². The maximum absolute atomic E-state index is 2.39. The molecule has 2 heteroatoms. The molecule has 0 saturated carbocycles. The van der Waals surface area contributed by atoms with Gasteiger partial charge in [0.1, 0.15) is 0 Å². The molecule has 0 saturated heterocycles. The van der Waals surface area contributed by atoms with E-state index in [2.05, 4.69) is 60.8 Å². The summed E-state index contributed by atoms with van der Waals surface area (Å²) in [6.07, 6.45) is 3.55. The third-order valence-electron chi connectivity index (χ3n) is 4.13. The molecule has 0 bridgehead atoms. The highest BCUT2D eigenvalue weighted by Crippen LogP contribution is 2.33. The first kappa shape index (κ1) is 11.5. The van der Waals surface area contributed by atoms with Crippen molar-refractivity contribution in [3.63, 3.8) is 0 Å². The van der Waals surface area contributed by atoms with Crippen LogP contribution in [-0.2, 0) is 7.05 Å². The summed E-state index contributed by atoms with van der Waals surface area (Å²) in [5.41, 5.74) is 5.69. The lowest BCUT2D eigenvalue weighted by atomic mass is 9.97. The number of fused-ring (bicyclic) bond motifs is 1. The quantitative estimate of drug-likeness (QED) is 0.743. The summed E-state index contributed by atoms with van der Waals surface area (Å²) in [4.78, 5) is 2.37. The molecule has 2 heterocycles. The van der Waals surface area contributed by atoms with E-state index in [4.69, 9.17) is 0 Å². The molecule has 0 fully saturated rings. The summed E-state index contributed by atoms with van der Waals surface area (Å²) in [5, 5.41) is 1.40. The first-order valence-electron chi connectivity index (χ1n) is 6.60. The molecule has 0 spiro atoms. The summed E-state index contributed by atoms with van der Waals surface area (Å²) in [6.45, 7) is 4.46. The third kappa shape index (κ3) is 1.68. The SMILES string of the molecule is Cc1c(C2=CCN(C)CC2)c2ccccc2n1C. The van der Waals surface area contributed by atoms with Crippen molar-refractivity contribution >= 4 is 16.5 Å². The molecule has 1 aromatic heterocycles. The average molecular weight is 240 g/mol. The van der Waals surface area contributed by atoms with E-state index in [9.17, 15) is 0 Å². The van der Waals surface area contributed by atoms with Gasteiger partial charge in [0, 0.05) is 42.3 Å². The van der Waals surface area contributed by atoms with Crippen LogP contribution in [0.5, 0.6) is 0 Å². The smallest absolute Gasteiger partial charge is 0.0486 e. The van der Waals surface area contributed by atoms with Gasteiger partial charge in [0.2, 0.25) is 0 Å². The van der Waals surface area contributed by atoms with E-state index >= 15 is 0 Å². The number of para-hydroxylation sites is 1. The van der Waals surface area contributed by atoms with Crippen molar-refractivity contribution in [2.45, 2.75) is 13.3 Å². The molecule has 1 aliphatic rings. The Morgan fingerprint density at radius 2 is 1.89 bits per heavy atom. The Morgan fingerprint density at radius 1 is 1.11 bits per heavy atom. The first-order chi connectivity index (χ1) is 8.68. The zero-order chi connectivity index (χ0) is 12.7. The molecule has 0 atom stereocenters. The van der Waals surface area contributed by atoms with Gasteiger partial charge in [-0.25, -0.2) is 0 Å². The zero-order valence-corrected chi connectivity index (χ0v) is 11.4. The lowest BCUT2D eigenvalue weighted by molar-refractivity contribution is 0.370. The molecular formula is C16H20N2. The molecule has 2 nitrogen and oxygen atoms in total. The van der Waals surface area contributed by atoms with E-state index < -0.39 is 0 Å². The molecule has 0 unspecified atom stereocenters. The van der Waals surface area contributed by atoms with Gasteiger partial charge >= 0.3 is 0 Å². The molecule has 0 N–H and O–H groups in total. The Kier molecular flexibility index (Phi) is 2.75. The van der Waals surface area contributed by atoms with Crippen LogP contribution in [0.2, 0.25) is 0 Å². The summed E-state index contributed by atoms with van der Waals surface area (Å²) in [5.74, 6) is 0. The summed E-state index contributed by atoms with van der Waals surface area (Å²) >= 11 is 0. The van der Waals surface area contributed by atoms with E-state index in [1.54, 1.807) is 0 Å². The summed E-state index contributed by atoms with van der Waals surface area (Å²) < 4.78 is 2.31. The molecular weight excluding hydrogens is 220 g/mol. The molecule has 94 valence electrons. The van der Waals surface area contributed by atoms with E-state index in [1.807, 2.05) is 0 Å². The van der Waals surface area contributed by atoms with Crippen molar-refractivity contribution in [1.82, 2.24) is 9.47 Å². The lowest BCUT2D eigenvalue weighted by Gasteiger charge is -2.22. The number of hydrogen-bond acceptors (Lipinski definition) is 1. The maximum atomic E-state index is 2.39. The Balaban J connectivity index is 2.20. The number of aromatic nitrogens is 1. The van der Waals surface area contributed by atoms with Crippen molar-refractivity contribution in [3.8, 4) is 0 Å². The maximum Gasteiger partial charge on any atom is 0.0486 e. The second-order valence-electron chi connectivity index (χ2n) is 5.28. The van der Waals surface area contributed by atoms with Crippen LogP contribution in [0.25, 0.3) is 16.5 Å². The van der Waals surface area contributed by atoms with E-state index in [-0.39, 0.29) is 0 Å². The minimum Gasteiger partial charge on any atom is -0.347 e. The number of rotatable bonds is 1. The number of aryl methyl sites for hydroxylation is 1. The molecule has 3 rings (SSSR count). The first-order valence-corrected chi connectivity index (χ1v) is 6.60. The number of likely N-dealkylation sites (N-methyl/N-ethyl adjacent to an activating group) is 1. The highest BCUT2D eigenvalue weighted by Gasteiger charge is 2.17. The van der Waals surface area contributed by atoms with Crippen LogP contribution in [-0.4, -0.2) is 29.6 Å². The van der Waals surface area contributed by atoms with Gasteiger partial charge in [-0.3, -0.25) is 0 Å². The van der Waals surface area contributed by atoms with Crippen molar-refractivity contribution in [2.75, 3.05) is 20.1 Å². The molecule has 18 heavy (non-hydrogen) atoms. The van der Waals surface area contributed by atoms with Crippen LogP contribution in [0.3, 0.4) is 0 Å². The molecule has 1 aromatic carbocycles. The Labute approximate surface area is 109 Å².